The monoisotopic (exact) mass is 366 g/mol. The molecular formula is C16H23BrN4O. The van der Waals surface area contributed by atoms with Gasteiger partial charge in [-0.25, -0.2) is 0 Å². The number of pyridine rings is 1. The molecule has 1 aliphatic heterocycles. The summed E-state index contributed by atoms with van der Waals surface area (Å²) in [5.41, 5.74) is 1.93. The molecule has 120 valence electrons. The maximum absolute atomic E-state index is 12.6. The van der Waals surface area contributed by atoms with Gasteiger partial charge in [0.05, 0.1) is 0 Å². The lowest BCUT2D eigenvalue weighted by molar-refractivity contribution is 0.0756. The van der Waals surface area contributed by atoms with Crippen molar-refractivity contribution in [2.24, 2.45) is 0 Å². The summed E-state index contributed by atoms with van der Waals surface area (Å²) in [4.78, 5) is 18.8. The van der Waals surface area contributed by atoms with Crippen LogP contribution >= 0.6 is 15.9 Å². The molecule has 22 heavy (non-hydrogen) atoms. The summed E-state index contributed by atoms with van der Waals surface area (Å²) in [6.45, 7) is 4.51. The molecule has 0 unspecified atom stereocenters. The summed E-state index contributed by atoms with van der Waals surface area (Å²) >= 11 is 3.18. The van der Waals surface area contributed by atoms with Crippen molar-refractivity contribution in [3.05, 3.63) is 23.5 Å². The number of hydrogen-bond donors (Lipinski definition) is 2. The maximum Gasteiger partial charge on any atom is 0.272 e. The third-order valence-electron chi connectivity index (χ3n) is 3.82. The topological polar surface area (TPSA) is 69.1 Å². The highest BCUT2D eigenvalue weighted by Gasteiger charge is 2.20. The van der Waals surface area contributed by atoms with Gasteiger partial charge in [-0.05, 0) is 41.3 Å². The predicted molar refractivity (Wildman–Crippen MR) is 93.1 cm³/mol. The van der Waals surface area contributed by atoms with Gasteiger partial charge in [-0.15, -0.1) is 0 Å². The van der Waals surface area contributed by atoms with E-state index in [0.29, 0.717) is 11.3 Å². The minimum Gasteiger partial charge on any atom is -0.384 e. The molecule has 1 saturated heterocycles. The number of likely N-dealkylation sites (tertiary alicyclic amines) is 1. The Bertz CT molecular complexity index is 539. The molecule has 1 fully saturated rings. The summed E-state index contributed by atoms with van der Waals surface area (Å²) < 4.78 is 0.271. The first-order chi connectivity index (χ1) is 10.6. The Kier molecular flexibility index (Phi) is 6.36. The number of hydrogen-bond acceptors (Lipinski definition) is 4. The first-order valence-corrected chi connectivity index (χ1v) is 8.70. The van der Waals surface area contributed by atoms with E-state index in [1.807, 2.05) is 4.90 Å². The molecular weight excluding hydrogens is 344 g/mol. The highest BCUT2D eigenvalue weighted by molar-refractivity contribution is 9.18. The Balaban J connectivity index is 2.22. The van der Waals surface area contributed by atoms with Crippen molar-refractivity contribution < 1.29 is 4.79 Å². The van der Waals surface area contributed by atoms with Crippen LogP contribution in [0.2, 0.25) is 0 Å². The molecule has 2 heterocycles. The lowest BCUT2D eigenvalue weighted by Crippen LogP contribution is -2.32. The summed E-state index contributed by atoms with van der Waals surface area (Å²) in [7, 11) is 0. The molecule has 0 aromatic carbocycles. The molecule has 1 aliphatic rings. The number of aromatic nitrogens is 1. The molecule has 5 nitrogen and oxygen atoms in total. The van der Waals surface area contributed by atoms with Crippen LogP contribution in [0.1, 0.15) is 55.1 Å². The number of carbonyl (C=O) groups is 1. The van der Waals surface area contributed by atoms with Crippen LogP contribution in [0.3, 0.4) is 0 Å². The normalized spacial score (nSPS) is 15.3. The third-order valence-corrected chi connectivity index (χ3v) is 4.25. The van der Waals surface area contributed by atoms with Crippen LogP contribution in [-0.4, -0.2) is 40.0 Å². The van der Waals surface area contributed by atoms with Crippen LogP contribution in [0.5, 0.6) is 0 Å². The molecule has 2 rings (SSSR count). The number of amides is 1. The zero-order valence-corrected chi connectivity index (χ0v) is 14.6. The molecule has 0 saturated carbocycles. The van der Waals surface area contributed by atoms with Crippen molar-refractivity contribution in [1.82, 2.24) is 9.88 Å². The Morgan fingerprint density at radius 3 is 2.64 bits per heavy atom. The third kappa shape index (κ3) is 4.29. The van der Waals surface area contributed by atoms with Gasteiger partial charge in [0, 0.05) is 37.1 Å². The highest BCUT2D eigenvalue weighted by Crippen LogP contribution is 2.20. The van der Waals surface area contributed by atoms with Crippen LogP contribution < -0.4 is 5.32 Å². The fourth-order valence-electron chi connectivity index (χ4n) is 2.59. The molecule has 1 amide bonds. The zero-order chi connectivity index (χ0) is 15.9. The number of nitrogens with one attached hydrogen (secondary N) is 2. The summed E-state index contributed by atoms with van der Waals surface area (Å²) in [5, 5.41) is 11.0. The molecule has 0 bridgehead atoms. The number of rotatable bonds is 5. The lowest BCUT2D eigenvalue weighted by atomic mass is 10.2. The van der Waals surface area contributed by atoms with Crippen LogP contribution in [0.4, 0.5) is 5.69 Å². The maximum atomic E-state index is 12.6. The molecule has 1 aromatic rings. The van der Waals surface area contributed by atoms with Crippen molar-refractivity contribution in [3.63, 3.8) is 0 Å². The summed E-state index contributed by atoms with van der Waals surface area (Å²) in [6, 6.07) is 1.77. The number of nitrogens with zero attached hydrogens (tertiary/aromatic N) is 2. The van der Waals surface area contributed by atoms with Crippen molar-refractivity contribution in [1.29, 1.82) is 5.41 Å². The van der Waals surface area contributed by atoms with Crippen molar-refractivity contribution in [2.45, 2.75) is 39.0 Å². The van der Waals surface area contributed by atoms with Gasteiger partial charge < -0.3 is 10.2 Å². The van der Waals surface area contributed by atoms with Gasteiger partial charge in [-0.1, -0.05) is 19.8 Å². The van der Waals surface area contributed by atoms with Crippen LogP contribution in [0.25, 0.3) is 0 Å². The minimum atomic E-state index is -0.00546. The van der Waals surface area contributed by atoms with Crippen LogP contribution in [0, 0.1) is 5.41 Å². The van der Waals surface area contributed by atoms with Gasteiger partial charge in [0.25, 0.3) is 5.91 Å². The average molecular weight is 367 g/mol. The largest absolute Gasteiger partial charge is 0.384 e. The zero-order valence-electron chi connectivity index (χ0n) is 13.0. The Labute approximate surface area is 140 Å². The SMILES string of the molecule is CCCNc1cc(C(=O)N2CCCCCC2)ncc1C(=N)Br. The smallest absolute Gasteiger partial charge is 0.272 e. The standard InChI is InChI=1S/C16H23BrN4O/c1-2-7-19-13-10-14(20-11-12(13)15(17)18)16(22)21-8-5-3-4-6-9-21/h10-11,18H,2-9H2,1H3,(H,19,20). The second-order valence-corrected chi connectivity index (χ2v) is 6.36. The van der Waals surface area contributed by atoms with E-state index >= 15 is 0 Å². The Morgan fingerprint density at radius 2 is 2.05 bits per heavy atom. The average Bonchev–Trinajstić information content (AvgIpc) is 2.81. The number of halogens is 1. The van der Waals surface area contributed by atoms with Crippen LogP contribution in [-0.2, 0) is 0 Å². The second-order valence-electron chi connectivity index (χ2n) is 5.56. The van der Waals surface area contributed by atoms with Gasteiger partial charge in [-0.3, -0.25) is 15.2 Å². The summed E-state index contributed by atoms with van der Waals surface area (Å²) in [5.74, 6) is -0.00546. The molecule has 0 atom stereocenters. The predicted octanol–water partition coefficient (Wildman–Crippen LogP) is 3.64. The molecule has 0 radical (unpaired) electrons. The Hall–Kier alpha value is -1.43. The van der Waals surface area contributed by atoms with E-state index in [-0.39, 0.29) is 10.5 Å². The second kappa shape index (κ2) is 8.27. The van der Waals surface area contributed by atoms with Crippen molar-refractivity contribution in [2.75, 3.05) is 25.0 Å². The molecule has 1 aromatic heterocycles. The highest BCUT2D eigenvalue weighted by atomic mass is 79.9. The fraction of sp³-hybridized carbons (Fsp3) is 0.562. The number of anilines is 1. The fourth-order valence-corrected chi connectivity index (χ4v) is 2.90. The van der Waals surface area contributed by atoms with E-state index in [1.54, 1.807) is 12.3 Å². The van der Waals surface area contributed by atoms with Gasteiger partial charge in [-0.2, -0.15) is 0 Å². The van der Waals surface area contributed by atoms with E-state index in [0.717, 1.165) is 44.6 Å². The molecule has 6 heteroatoms. The quantitative estimate of drug-likeness (QED) is 0.781. The first-order valence-electron chi connectivity index (χ1n) is 7.91. The molecule has 0 aliphatic carbocycles. The molecule has 0 spiro atoms. The lowest BCUT2D eigenvalue weighted by Gasteiger charge is -2.20. The van der Waals surface area contributed by atoms with E-state index in [9.17, 15) is 4.79 Å². The first kappa shape index (κ1) is 16.9. The van der Waals surface area contributed by atoms with Gasteiger partial charge in [0.15, 0.2) is 0 Å². The van der Waals surface area contributed by atoms with Crippen LogP contribution in [0.15, 0.2) is 12.3 Å². The van der Waals surface area contributed by atoms with Crippen molar-refractivity contribution >= 4 is 32.1 Å². The van der Waals surface area contributed by atoms with Gasteiger partial charge >= 0.3 is 0 Å². The van der Waals surface area contributed by atoms with Gasteiger partial charge in [0.1, 0.15) is 10.3 Å². The summed E-state index contributed by atoms with van der Waals surface area (Å²) in [6.07, 6.45) is 7.10. The van der Waals surface area contributed by atoms with E-state index in [2.05, 4.69) is 33.2 Å². The molecule has 2 N–H and O–H groups in total. The van der Waals surface area contributed by atoms with Crippen molar-refractivity contribution in [3.8, 4) is 0 Å². The number of carbonyl (C=O) groups excluding carboxylic acids is 1. The van der Waals surface area contributed by atoms with E-state index in [4.69, 9.17) is 5.41 Å². The van der Waals surface area contributed by atoms with E-state index in [1.165, 1.54) is 12.8 Å². The Morgan fingerprint density at radius 1 is 1.36 bits per heavy atom. The van der Waals surface area contributed by atoms with Gasteiger partial charge in [0.2, 0.25) is 0 Å². The minimum absolute atomic E-state index is 0.00546. The van der Waals surface area contributed by atoms with E-state index < -0.39 is 0 Å².